The Morgan fingerprint density at radius 3 is 2.25 bits per heavy atom. The second-order valence-corrected chi connectivity index (χ2v) is 3.88. The number of hydrogen-bond donors (Lipinski definition) is 1. The SMILES string of the molecule is OC(COCC(F)(F)C(F)(F)F)c1cccc(F)c1F. The van der Waals surface area contributed by atoms with E-state index in [0.717, 1.165) is 18.2 Å². The molecule has 0 aliphatic carbocycles. The van der Waals surface area contributed by atoms with Gasteiger partial charge in [0.1, 0.15) is 12.7 Å². The maximum absolute atomic E-state index is 13.2. The molecule has 20 heavy (non-hydrogen) atoms. The van der Waals surface area contributed by atoms with Crippen molar-refractivity contribution in [2.45, 2.75) is 18.2 Å². The van der Waals surface area contributed by atoms with E-state index in [4.69, 9.17) is 0 Å². The monoisotopic (exact) mass is 306 g/mol. The lowest BCUT2D eigenvalue weighted by atomic mass is 10.1. The molecule has 0 amide bonds. The van der Waals surface area contributed by atoms with Crippen LogP contribution in [0.5, 0.6) is 0 Å². The van der Waals surface area contributed by atoms with Crippen molar-refractivity contribution in [2.24, 2.45) is 0 Å². The fourth-order valence-electron chi connectivity index (χ4n) is 1.25. The Morgan fingerprint density at radius 2 is 1.70 bits per heavy atom. The number of ether oxygens (including phenoxy) is 1. The zero-order chi connectivity index (χ0) is 15.6. The Balaban J connectivity index is 2.61. The summed E-state index contributed by atoms with van der Waals surface area (Å²) in [7, 11) is 0. The third kappa shape index (κ3) is 3.83. The smallest absolute Gasteiger partial charge is 0.386 e. The summed E-state index contributed by atoms with van der Waals surface area (Å²) in [5.41, 5.74) is -0.597. The minimum atomic E-state index is -5.79. The van der Waals surface area contributed by atoms with Gasteiger partial charge < -0.3 is 9.84 Å². The van der Waals surface area contributed by atoms with Crippen LogP contribution in [0.15, 0.2) is 18.2 Å². The molecule has 0 heterocycles. The van der Waals surface area contributed by atoms with E-state index in [1.807, 2.05) is 0 Å². The van der Waals surface area contributed by atoms with Gasteiger partial charge >= 0.3 is 12.1 Å². The van der Waals surface area contributed by atoms with Gasteiger partial charge in [-0.15, -0.1) is 0 Å². The maximum Gasteiger partial charge on any atom is 0.455 e. The van der Waals surface area contributed by atoms with E-state index in [9.17, 15) is 35.8 Å². The highest BCUT2D eigenvalue weighted by atomic mass is 19.4. The molecule has 0 saturated heterocycles. The number of benzene rings is 1. The van der Waals surface area contributed by atoms with Gasteiger partial charge in [-0.1, -0.05) is 12.1 Å². The van der Waals surface area contributed by atoms with E-state index < -0.39 is 48.6 Å². The fourth-order valence-corrected chi connectivity index (χ4v) is 1.25. The molecule has 9 heteroatoms. The summed E-state index contributed by atoms with van der Waals surface area (Å²) in [6.45, 7) is -3.06. The minimum Gasteiger partial charge on any atom is -0.386 e. The molecule has 0 spiro atoms. The van der Waals surface area contributed by atoms with Gasteiger partial charge in [-0.3, -0.25) is 0 Å². The Labute approximate surface area is 108 Å². The van der Waals surface area contributed by atoms with Gasteiger partial charge in [0.25, 0.3) is 0 Å². The van der Waals surface area contributed by atoms with E-state index in [1.54, 1.807) is 0 Å². The lowest BCUT2D eigenvalue weighted by molar-refractivity contribution is -0.297. The lowest BCUT2D eigenvalue weighted by Gasteiger charge is -2.20. The molecule has 0 fully saturated rings. The van der Waals surface area contributed by atoms with Crippen LogP contribution in [0.1, 0.15) is 11.7 Å². The standard InChI is InChI=1S/C11H9F7O2/c12-7-3-1-2-6(9(7)13)8(19)4-20-5-10(14,15)11(16,17)18/h1-3,8,19H,4-5H2. The van der Waals surface area contributed by atoms with Crippen LogP contribution in [0.2, 0.25) is 0 Å². The van der Waals surface area contributed by atoms with E-state index >= 15 is 0 Å². The van der Waals surface area contributed by atoms with Crippen LogP contribution in [0.4, 0.5) is 30.7 Å². The van der Waals surface area contributed by atoms with E-state index in [0.29, 0.717) is 0 Å². The normalized spacial score (nSPS) is 14.4. The Morgan fingerprint density at radius 1 is 1.10 bits per heavy atom. The zero-order valence-corrected chi connectivity index (χ0v) is 9.72. The number of alkyl halides is 5. The summed E-state index contributed by atoms with van der Waals surface area (Å²) in [6, 6.07) is 2.75. The van der Waals surface area contributed by atoms with E-state index in [2.05, 4.69) is 4.74 Å². The molecule has 1 N–H and O–H groups in total. The van der Waals surface area contributed by atoms with Crippen LogP contribution in [-0.2, 0) is 4.74 Å². The average Bonchev–Trinajstić information content (AvgIpc) is 2.30. The Bertz CT molecular complexity index is 459. The highest BCUT2D eigenvalue weighted by Crippen LogP contribution is 2.35. The molecule has 1 aromatic carbocycles. The summed E-state index contributed by atoms with van der Waals surface area (Å²) in [4.78, 5) is 0. The molecular weight excluding hydrogens is 297 g/mol. The first-order chi connectivity index (χ1) is 9.06. The third-order valence-corrected chi connectivity index (χ3v) is 2.31. The second kappa shape index (κ2) is 5.96. The summed E-state index contributed by atoms with van der Waals surface area (Å²) in [6.07, 6.45) is -7.66. The molecule has 2 nitrogen and oxygen atoms in total. The van der Waals surface area contributed by atoms with Crippen molar-refractivity contribution in [2.75, 3.05) is 13.2 Å². The van der Waals surface area contributed by atoms with Gasteiger partial charge in [-0.2, -0.15) is 22.0 Å². The van der Waals surface area contributed by atoms with Crippen LogP contribution in [0.3, 0.4) is 0 Å². The van der Waals surface area contributed by atoms with Crippen molar-refractivity contribution in [3.05, 3.63) is 35.4 Å². The van der Waals surface area contributed by atoms with Crippen molar-refractivity contribution in [1.82, 2.24) is 0 Å². The first-order valence-electron chi connectivity index (χ1n) is 5.20. The average molecular weight is 306 g/mol. The predicted molar refractivity (Wildman–Crippen MR) is 53.1 cm³/mol. The van der Waals surface area contributed by atoms with Crippen LogP contribution < -0.4 is 0 Å². The topological polar surface area (TPSA) is 29.5 Å². The molecule has 1 rings (SSSR count). The molecule has 1 unspecified atom stereocenters. The summed E-state index contributed by atoms with van der Waals surface area (Å²) in [5.74, 6) is -7.80. The summed E-state index contributed by atoms with van der Waals surface area (Å²) >= 11 is 0. The molecule has 1 atom stereocenters. The zero-order valence-electron chi connectivity index (χ0n) is 9.72. The molecule has 0 aliphatic heterocycles. The largest absolute Gasteiger partial charge is 0.455 e. The van der Waals surface area contributed by atoms with Crippen molar-refractivity contribution in [3.8, 4) is 0 Å². The van der Waals surface area contributed by atoms with Crippen molar-refractivity contribution < 1.29 is 40.6 Å². The van der Waals surface area contributed by atoms with Crippen LogP contribution in [0.25, 0.3) is 0 Å². The highest BCUT2D eigenvalue weighted by Gasteiger charge is 2.57. The predicted octanol–water partition coefficient (Wildman–Crippen LogP) is 3.21. The molecule has 1 aromatic rings. The molecule has 0 saturated carbocycles. The maximum atomic E-state index is 13.2. The van der Waals surface area contributed by atoms with E-state index in [1.165, 1.54) is 0 Å². The highest BCUT2D eigenvalue weighted by molar-refractivity contribution is 5.21. The Kier molecular flexibility index (Phi) is 4.98. The van der Waals surface area contributed by atoms with Gasteiger partial charge in [0, 0.05) is 5.56 Å². The summed E-state index contributed by atoms with van der Waals surface area (Å²) < 4.78 is 90.3. The number of halogens is 7. The molecule has 0 aromatic heterocycles. The van der Waals surface area contributed by atoms with Gasteiger partial charge in [0.2, 0.25) is 0 Å². The van der Waals surface area contributed by atoms with Crippen molar-refractivity contribution in [3.63, 3.8) is 0 Å². The van der Waals surface area contributed by atoms with E-state index in [-0.39, 0.29) is 0 Å². The molecule has 114 valence electrons. The quantitative estimate of drug-likeness (QED) is 0.847. The fraction of sp³-hybridized carbons (Fsp3) is 0.455. The van der Waals surface area contributed by atoms with Gasteiger partial charge in [-0.25, -0.2) is 8.78 Å². The van der Waals surface area contributed by atoms with Crippen LogP contribution >= 0.6 is 0 Å². The molecule has 0 aliphatic rings. The van der Waals surface area contributed by atoms with Gasteiger partial charge in [0.05, 0.1) is 6.61 Å². The van der Waals surface area contributed by atoms with Gasteiger partial charge in [0.15, 0.2) is 11.6 Å². The Hall–Kier alpha value is -1.35. The first-order valence-corrected chi connectivity index (χ1v) is 5.20. The molecule has 0 radical (unpaired) electrons. The van der Waals surface area contributed by atoms with Crippen LogP contribution in [-0.4, -0.2) is 30.4 Å². The number of aliphatic hydroxyl groups excluding tert-OH is 1. The first kappa shape index (κ1) is 16.7. The van der Waals surface area contributed by atoms with Crippen molar-refractivity contribution in [1.29, 1.82) is 0 Å². The van der Waals surface area contributed by atoms with Gasteiger partial charge in [-0.05, 0) is 6.07 Å². The number of aliphatic hydroxyl groups is 1. The number of rotatable bonds is 5. The second-order valence-electron chi connectivity index (χ2n) is 3.88. The molecule has 0 bridgehead atoms. The number of hydrogen-bond acceptors (Lipinski definition) is 2. The third-order valence-electron chi connectivity index (χ3n) is 2.31. The summed E-state index contributed by atoms with van der Waals surface area (Å²) in [5, 5.41) is 9.37. The van der Waals surface area contributed by atoms with Crippen LogP contribution in [0, 0.1) is 11.6 Å². The molecular formula is C11H9F7O2. The minimum absolute atomic E-state index is 0.597. The lowest BCUT2D eigenvalue weighted by Crippen LogP contribution is -2.41. The van der Waals surface area contributed by atoms with Crippen molar-refractivity contribution >= 4 is 0 Å².